The lowest BCUT2D eigenvalue weighted by molar-refractivity contribution is -0.139. The zero-order chi connectivity index (χ0) is 23.0. The van der Waals surface area contributed by atoms with E-state index in [0.29, 0.717) is 41.8 Å². The highest BCUT2D eigenvalue weighted by molar-refractivity contribution is 5.93. The van der Waals surface area contributed by atoms with Crippen molar-refractivity contribution in [3.63, 3.8) is 0 Å². The molecule has 6 rings (SSSR count). The van der Waals surface area contributed by atoms with Crippen molar-refractivity contribution in [1.29, 1.82) is 0 Å². The number of carbonyl (C=O) groups excluding carboxylic acids is 2. The van der Waals surface area contributed by atoms with Gasteiger partial charge in [-0.15, -0.1) is 0 Å². The molecule has 1 N–H and O–H groups in total. The van der Waals surface area contributed by atoms with E-state index in [2.05, 4.69) is 30.1 Å². The molecule has 1 saturated heterocycles. The number of hydrogen-bond acceptors (Lipinski definition) is 2. The average Bonchev–Trinajstić information content (AvgIpc) is 3.54. The lowest BCUT2D eigenvalue weighted by Gasteiger charge is -2.58. The minimum absolute atomic E-state index is 0.0130. The minimum atomic E-state index is -0.326. The second kappa shape index (κ2) is 7.41. The highest BCUT2D eigenvalue weighted by Crippen LogP contribution is 2.66. The largest absolute Gasteiger partial charge is 0.326 e. The first-order valence-corrected chi connectivity index (χ1v) is 12.9. The Morgan fingerprint density at radius 3 is 2.67 bits per heavy atom. The summed E-state index contributed by atoms with van der Waals surface area (Å²) in [6.07, 6.45) is 11.6. The van der Waals surface area contributed by atoms with Crippen LogP contribution in [-0.2, 0) is 9.59 Å². The third-order valence-electron chi connectivity index (χ3n) is 10.1. The molecule has 4 aliphatic carbocycles. The van der Waals surface area contributed by atoms with E-state index in [1.165, 1.54) is 17.8 Å². The van der Waals surface area contributed by atoms with E-state index in [-0.39, 0.29) is 28.5 Å². The van der Waals surface area contributed by atoms with Gasteiger partial charge in [-0.3, -0.25) is 9.59 Å². The topological polar surface area (TPSA) is 49.4 Å². The van der Waals surface area contributed by atoms with Crippen LogP contribution in [0.5, 0.6) is 0 Å². The van der Waals surface area contributed by atoms with Crippen LogP contribution >= 0.6 is 0 Å². The Hall–Kier alpha value is -2.17. The number of fused-ring (bicyclic) bond motifs is 5. The van der Waals surface area contributed by atoms with Crippen LogP contribution < -0.4 is 5.32 Å². The fourth-order valence-corrected chi connectivity index (χ4v) is 8.35. The molecule has 5 aliphatic rings. The number of nitrogens with one attached hydrogen (secondary N) is 1. The fourth-order valence-electron chi connectivity index (χ4n) is 8.35. The summed E-state index contributed by atoms with van der Waals surface area (Å²) < 4.78 is 13.6. The van der Waals surface area contributed by atoms with Gasteiger partial charge in [0.25, 0.3) is 0 Å². The number of nitrogens with zero attached hydrogens (tertiary/aromatic N) is 1. The first-order chi connectivity index (χ1) is 15.8. The summed E-state index contributed by atoms with van der Waals surface area (Å²) in [5, 5.41) is 3.00. The van der Waals surface area contributed by atoms with Crippen molar-refractivity contribution in [2.24, 2.45) is 34.5 Å². The van der Waals surface area contributed by atoms with Gasteiger partial charge in [0.1, 0.15) is 5.82 Å². The van der Waals surface area contributed by atoms with E-state index in [1.54, 1.807) is 12.1 Å². The molecule has 5 heteroatoms. The summed E-state index contributed by atoms with van der Waals surface area (Å²) in [5.41, 5.74) is 1.94. The van der Waals surface area contributed by atoms with Crippen molar-refractivity contribution in [2.75, 3.05) is 5.32 Å². The number of likely N-dealkylation sites (tertiary alicyclic amines) is 1. The highest BCUT2D eigenvalue weighted by atomic mass is 19.1. The molecule has 2 amide bonds. The molecule has 6 atom stereocenters. The van der Waals surface area contributed by atoms with Gasteiger partial charge in [-0.25, -0.2) is 4.39 Å². The molecule has 1 aromatic rings. The zero-order valence-electron chi connectivity index (χ0n) is 19.8. The Balaban J connectivity index is 1.25. The van der Waals surface area contributed by atoms with Crippen molar-refractivity contribution in [2.45, 2.75) is 77.7 Å². The Morgan fingerprint density at radius 2 is 1.91 bits per heavy atom. The van der Waals surface area contributed by atoms with Crippen molar-refractivity contribution >= 4 is 17.5 Å². The molecule has 0 unspecified atom stereocenters. The molecule has 176 valence electrons. The smallest absolute Gasteiger partial charge is 0.228 e. The lowest BCUT2D eigenvalue weighted by atomic mass is 9.49. The highest BCUT2D eigenvalue weighted by Gasteiger charge is 2.61. The Kier molecular flexibility index (Phi) is 4.80. The number of carbonyl (C=O) groups is 2. The monoisotopic (exact) mass is 450 g/mol. The maximum Gasteiger partial charge on any atom is 0.228 e. The molecule has 3 saturated carbocycles. The molecule has 0 aromatic heterocycles. The Morgan fingerprint density at radius 1 is 1.09 bits per heavy atom. The van der Waals surface area contributed by atoms with E-state index < -0.39 is 0 Å². The lowest BCUT2D eigenvalue weighted by Crippen LogP contribution is -2.55. The number of halogens is 1. The average molecular weight is 451 g/mol. The molecular weight excluding hydrogens is 415 g/mol. The first-order valence-electron chi connectivity index (χ1n) is 12.9. The van der Waals surface area contributed by atoms with Gasteiger partial charge in [-0.05, 0) is 92.7 Å². The van der Waals surface area contributed by atoms with Gasteiger partial charge in [-0.2, -0.15) is 0 Å². The SMILES string of the molecule is C[C@]12CC[C@H]3[C@@H](CC=C4N(C5CC5)C(=O)CC[C@@]43C)[C@@H]1CC[C@@H]2C(=O)Nc1cccc(F)c1. The molecular formula is C28H35FN2O2. The molecule has 0 radical (unpaired) electrons. The number of rotatable bonds is 3. The van der Waals surface area contributed by atoms with Crippen molar-refractivity contribution in [1.82, 2.24) is 4.90 Å². The second-order valence-electron chi connectivity index (χ2n) is 11.8. The number of benzene rings is 1. The molecule has 0 bridgehead atoms. The standard InChI is InChI=1S/C28H35FN2O2/c1-27-14-12-22-20(8-11-24-28(22,2)15-13-25(32)31(24)19-6-7-19)21(27)9-10-23(27)26(33)30-18-5-3-4-17(29)16-18/h3-5,11,16,19-23H,6-10,12-15H2,1-2H3,(H,30,33)/t20-,21-,22-,23+,27-,28+/m0/s1. The molecule has 1 aromatic carbocycles. The third kappa shape index (κ3) is 3.21. The van der Waals surface area contributed by atoms with Crippen molar-refractivity contribution < 1.29 is 14.0 Å². The summed E-state index contributed by atoms with van der Waals surface area (Å²) >= 11 is 0. The summed E-state index contributed by atoms with van der Waals surface area (Å²) in [5.74, 6) is 1.73. The van der Waals surface area contributed by atoms with Crippen LogP contribution in [0.4, 0.5) is 10.1 Å². The fraction of sp³-hybridized carbons (Fsp3) is 0.643. The van der Waals surface area contributed by atoms with E-state index >= 15 is 0 Å². The quantitative estimate of drug-likeness (QED) is 0.623. The molecule has 4 nitrogen and oxygen atoms in total. The normalized spacial score (nSPS) is 39.9. The predicted molar refractivity (Wildman–Crippen MR) is 125 cm³/mol. The van der Waals surface area contributed by atoms with Crippen molar-refractivity contribution in [3.05, 3.63) is 41.9 Å². The number of anilines is 1. The summed E-state index contributed by atoms with van der Waals surface area (Å²) in [6, 6.07) is 6.64. The van der Waals surface area contributed by atoms with Crippen LogP contribution in [0, 0.1) is 40.3 Å². The van der Waals surface area contributed by atoms with Gasteiger partial charge in [0.2, 0.25) is 11.8 Å². The van der Waals surface area contributed by atoms with E-state index in [9.17, 15) is 14.0 Å². The van der Waals surface area contributed by atoms with Gasteiger partial charge in [-0.1, -0.05) is 26.0 Å². The first kappa shape index (κ1) is 21.4. The van der Waals surface area contributed by atoms with Gasteiger partial charge >= 0.3 is 0 Å². The molecule has 33 heavy (non-hydrogen) atoms. The minimum Gasteiger partial charge on any atom is -0.326 e. The molecule has 1 heterocycles. The maximum atomic E-state index is 13.6. The summed E-state index contributed by atoms with van der Waals surface area (Å²) in [7, 11) is 0. The third-order valence-corrected chi connectivity index (χ3v) is 10.1. The van der Waals surface area contributed by atoms with Crippen LogP contribution in [0.15, 0.2) is 36.0 Å². The molecule has 4 fully saturated rings. The van der Waals surface area contributed by atoms with E-state index in [1.807, 2.05) is 0 Å². The van der Waals surface area contributed by atoms with Crippen LogP contribution in [0.25, 0.3) is 0 Å². The number of allylic oxidation sites excluding steroid dienone is 2. The van der Waals surface area contributed by atoms with Crippen LogP contribution in [0.3, 0.4) is 0 Å². The van der Waals surface area contributed by atoms with Gasteiger partial charge in [0.05, 0.1) is 0 Å². The number of hydrogen-bond donors (Lipinski definition) is 1. The maximum absolute atomic E-state index is 13.6. The van der Waals surface area contributed by atoms with E-state index in [0.717, 1.165) is 51.4 Å². The van der Waals surface area contributed by atoms with Crippen molar-refractivity contribution in [3.8, 4) is 0 Å². The van der Waals surface area contributed by atoms with Crippen LogP contribution in [-0.4, -0.2) is 22.8 Å². The summed E-state index contributed by atoms with van der Waals surface area (Å²) in [4.78, 5) is 28.3. The van der Waals surface area contributed by atoms with Crippen LogP contribution in [0.2, 0.25) is 0 Å². The van der Waals surface area contributed by atoms with Gasteiger partial charge in [0.15, 0.2) is 0 Å². The predicted octanol–water partition coefficient (Wildman–Crippen LogP) is 5.90. The second-order valence-corrected chi connectivity index (χ2v) is 11.8. The van der Waals surface area contributed by atoms with Gasteiger partial charge in [0, 0.05) is 35.2 Å². The Labute approximate surface area is 196 Å². The van der Waals surface area contributed by atoms with E-state index in [4.69, 9.17) is 0 Å². The zero-order valence-corrected chi connectivity index (χ0v) is 19.8. The number of piperidine rings is 1. The molecule has 0 spiro atoms. The molecule has 1 aliphatic heterocycles. The van der Waals surface area contributed by atoms with Gasteiger partial charge < -0.3 is 10.2 Å². The Bertz CT molecular complexity index is 1030. The van der Waals surface area contributed by atoms with Crippen LogP contribution in [0.1, 0.15) is 71.6 Å². The number of amides is 2. The summed E-state index contributed by atoms with van der Waals surface area (Å²) in [6.45, 7) is 4.75.